The summed E-state index contributed by atoms with van der Waals surface area (Å²) >= 11 is 0. The summed E-state index contributed by atoms with van der Waals surface area (Å²) in [6, 6.07) is 7.46. The van der Waals surface area contributed by atoms with Gasteiger partial charge in [-0.1, -0.05) is 12.1 Å². The number of halogens is 1. The number of sulfonamides is 1. The normalized spacial score (nSPS) is 19.5. The second-order valence-corrected chi connectivity index (χ2v) is 9.25. The van der Waals surface area contributed by atoms with Crippen LogP contribution in [0.3, 0.4) is 0 Å². The first kappa shape index (κ1) is 20.0. The van der Waals surface area contributed by atoms with E-state index in [0.29, 0.717) is 13.1 Å². The topological polar surface area (TPSA) is 72.9 Å². The predicted molar refractivity (Wildman–Crippen MR) is 109 cm³/mol. The lowest BCUT2D eigenvalue weighted by molar-refractivity contribution is 0.312. The monoisotopic (exact) mass is 420 g/mol. The second kappa shape index (κ2) is 8.21. The molecule has 3 heterocycles. The van der Waals surface area contributed by atoms with Crippen molar-refractivity contribution in [3.05, 3.63) is 42.5 Å². The number of hydrogen-bond donors (Lipinski definition) is 0. The van der Waals surface area contributed by atoms with Gasteiger partial charge in [-0.2, -0.15) is 4.31 Å². The molecule has 0 radical (unpaired) electrons. The van der Waals surface area contributed by atoms with Gasteiger partial charge in [0.05, 0.1) is 0 Å². The summed E-state index contributed by atoms with van der Waals surface area (Å²) in [6.45, 7) is 5.37. The minimum Gasteiger partial charge on any atom is -0.354 e. The van der Waals surface area contributed by atoms with Crippen molar-refractivity contribution in [1.29, 1.82) is 0 Å². The van der Waals surface area contributed by atoms with Gasteiger partial charge in [-0.3, -0.25) is 0 Å². The van der Waals surface area contributed by atoms with Gasteiger partial charge < -0.3 is 14.7 Å². The molecule has 0 aliphatic carbocycles. The molecular weight excluding hydrogens is 395 g/mol. The minimum atomic E-state index is -3.84. The van der Waals surface area contributed by atoms with E-state index >= 15 is 0 Å². The van der Waals surface area contributed by atoms with Gasteiger partial charge in [0, 0.05) is 58.4 Å². The zero-order valence-electron chi connectivity index (χ0n) is 16.4. The van der Waals surface area contributed by atoms with Gasteiger partial charge in [-0.25, -0.2) is 22.8 Å². The summed E-state index contributed by atoms with van der Waals surface area (Å²) in [6.07, 6.45) is 1.56. The number of likely N-dealkylation sites (N-methyl/N-ethyl adjacent to an activating group) is 1. The van der Waals surface area contributed by atoms with E-state index in [9.17, 15) is 12.8 Å². The number of aromatic nitrogens is 2. The Bertz CT molecular complexity index is 957. The number of hydrogen-bond acceptors (Lipinski definition) is 7. The number of rotatable bonds is 4. The van der Waals surface area contributed by atoms with Crippen molar-refractivity contribution in [3.63, 3.8) is 0 Å². The first-order chi connectivity index (χ1) is 13.9. The third kappa shape index (κ3) is 4.19. The summed E-state index contributed by atoms with van der Waals surface area (Å²) in [5.74, 6) is 0.962. The zero-order chi connectivity index (χ0) is 20.4. The number of anilines is 2. The lowest BCUT2D eigenvalue weighted by atomic mass is 10.3. The molecule has 0 atom stereocenters. The van der Waals surface area contributed by atoms with Crippen LogP contribution in [0, 0.1) is 5.82 Å². The molecular formula is C19H25FN6O2S. The second-order valence-electron chi connectivity index (χ2n) is 7.35. The Balaban J connectivity index is 1.44. The summed E-state index contributed by atoms with van der Waals surface area (Å²) < 4.78 is 40.9. The molecule has 4 rings (SSSR count). The Kier molecular flexibility index (Phi) is 5.66. The number of piperazine rings is 2. The molecule has 0 N–H and O–H groups in total. The molecule has 29 heavy (non-hydrogen) atoms. The van der Waals surface area contributed by atoms with Crippen molar-refractivity contribution in [2.45, 2.75) is 4.90 Å². The van der Waals surface area contributed by atoms with Crippen molar-refractivity contribution in [1.82, 2.24) is 19.2 Å². The highest BCUT2D eigenvalue weighted by Crippen LogP contribution is 2.23. The largest absolute Gasteiger partial charge is 0.354 e. The number of benzene rings is 1. The van der Waals surface area contributed by atoms with Crippen LogP contribution in [0.2, 0.25) is 0 Å². The molecule has 156 valence electrons. The van der Waals surface area contributed by atoms with Gasteiger partial charge in [-0.05, 0) is 19.2 Å². The highest BCUT2D eigenvalue weighted by molar-refractivity contribution is 7.89. The van der Waals surface area contributed by atoms with E-state index in [-0.39, 0.29) is 18.0 Å². The molecule has 2 saturated heterocycles. The van der Waals surface area contributed by atoms with Gasteiger partial charge >= 0.3 is 0 Å². The molecule has 0 unspecified atom stereocenters. The highest BCUT2D eigenvalue weighted by Gasteiger charge is 2.31. The maximum atomic E-state index is 14.0. The molecule has 0 spiro atoms. The van der Waals surface area contributed by atoms with Gasteiger partial charge in [-0.15, -0.1) is 0 Å². The molecule has 2 aliphatic heterocycles. The zero-order valence-corrected chi connectivity index (χ0v) is 17.2. The molecule has 2 fully saturated rings. The highest BCUT2D eigenvalue weighted by atomic mass is 32.2. The van der Waals surface area contributed by atoms with Gasteiger partial charge in [0.2, 0.25) is 10.0 Å². The van der Waals surface area contributed by atoms with Crippen LogP contribution in [-0.2, 0) is 10.0 Å². The molecule has 0 bridgehead atoms. The molecule has 1 aromatic carbocycles. The van der Waals surface area contributed by atoms with E-state index in [0.717, 1.165) is 37.8 Å². The Morgan fingerprint density at radius 3 is 2.00 bits per heavy atom. The van der Waals surface area contributed by atoms with Crippen LogP contribution in [0.25, 0.3) is 0 Å². The van der Waals surface area contributed by atoms with Crippen molar-refractivity contribution in [3.8, 4) is 0 Å². The fourth-order valence-electron chi connectivity index (χ4n) is 3.67. The lowest BCUT2D eigenvalue weighted by Gasteiger charge is -2.36. The fraction of sp³-hybridized carbons (Fsp3) is 0.474. The average molecular weight is 421 g/mol. The minimum absolute atomic E-state index is 0.271. The van der Waals surface area contributed by atoms with Crippen LogP contribution >= 0.6 is 0 Å². The van der Waals surface area contributed by atoms with E-state index in [1.165, 1.54) is 28.6 Å². The van der Waals surface area contributed by atoms with Crippen molar-refractivity contribution < 1.29 is 12.8 Å². The summed E-state index contributed by atoms with van der Waals surface area (Å²) in [5.41, 5.74) is 0. The van der Waals surface area contributed by atoms with Crippen LogP contribution in [-0.4, -0.2) is 87.0 Å². The maximum absolute atomic E-state index is 14.0. The van der Waals surface area contributed by atoms with Crippen molar-refractivity contribution >= 4 is 21.7 Å². The molecule has 1 aromatic heterocycles. The van der Waals surface area contributed by atoms with Crippen LogP contribution in [0.1, 0.15) is 0 Å². The predicted octanol–water partition coefficient (Wildman–Crippen LogP) is 0.878. The molecule has 2 aliphatic rings. The Hall–Kier alpha value is -2.30. The van der Waals surface area contributed by atoms with E-state index in [1.54, 1.807) is 6.33 Å². The first-order valence-corrected chi connectivity index (χ1v) is 11.1. The Morgan fingerprint density at radius 1 is 0.862 bits per heavy atom. The van der Waals surface area contributed by atoms with E-state index in [4.69, 9.17) is 0 Å². The first-order valence-electron chi connectivity index (χ1n) is 9.70. The van der Waals surface area contributed by atoms with Gasteiger partial charge in [0.25, 0.3) is 0 Å². The van der Waals surface area contributed by atoms with Crippen LogP contribution in [0.4, 0.5) is 16.0 Å². The van der Waals surface area contributed by atoms with Crippen LogP contribution in [0.5, 0.6) is 0 Å². The van der Waals surface area contributed by atoms with Crippen molar-refractivity contribution in [2.24, 2.45) is 0 Å². The van der Waals surface area contributed by atoms with E-state index in [2.05, 4.69) is 31.7 Å². The van der Waals surface area contributed by atoms with Gasteiger partial charge in [0.15, 0.2) is 0 Å². The van der Waals surface area contributed by atoms with Crippen LogP contribution in [0.15, 0.2) is 41.6 Å². The summed E-state index contributed by atoms with van der Waals surface area (Å²) in [5, 5.41) is 0. The van der Waals surface area contributed by atoms with Crippen molar-refractivity contribution in [2.75, 3.05) is 69.2 Å². The average Bonchev–Trinajstić information content (AvgIpc) is 2.75. The van der Waals surface area contributed by atoms with E-state index < -0.39 is 15.8 Å². The smallest absolute Gasteiger partial charge is 0.246 e. The van der Waals surface area contributed by atoms with E-state index in [1.807, 2.05) is 6.07 Å². The van der Waals surface area contributed by atoms with Crippen LogP contribution < -0.4 is 9.80 Å². The standard InChI is InChI=1S/C19H25FN6O2S/c1-23-6-8-24(9-7-23)18-14-19(22-15-21-18)25-10-12-26(13-11-25)29(27,28)17-5-3-2-4-16(17)20/h2-5,14-15H,6-13H2,1H3. The number of nitrogens with zero attached hydrogens (tertiary/aromatic N) is 6. The Morgan fingerprint density at radius 2 is 1.41 bits per heavy atom. The van der Waals surface area contributed by atoms with Gasteiger partial charge in [0.1, 0.15) is 28.7 Å². The fourth-order valence-corrected chi connectivity index (χ4v) is 5.16. The maximum Gasteiger partial charge on any atom is 0.246 e. The molecule has 10 heteroatoms. The molecule has 0 amide bonds. The Labute approximate surface area is 170 Å². The summed E-state index contributed by atoms with van der Waals surface area (Å²) in [4.78, 5) is 15.1. The quantitative estimate of drug-likeness (QED) is 0.727. The molecule has 2 aromatic rings. The third-order valence-electron chi connectivity index (χ3n) is 5.48. The lowest BCUT2D eigenvalue weighted by Crippen LogP contribution is -2.49. The SMILES string of the molecule is CN1CCN(c2cc(N3CCN(S(=O)(=O)c4ccccc4F)CC3)ncn2)CC1. The molecule has 0 saturated carbocycles. The third-order valence-corrected chi connectivity index (χ3v) is 7.41. The summed E-state index contributed by atoms with van der Waals surface area (Å²) in [7, 11) is -1.73. The molecule has 8 nitrogen and oxygen atoms in total.